The summed E-state index contributed by atoms with van der Waals surface area (Å²) in [4.78, 5) is 10.4. The van der Waals surface area contributed by atoms with Gasteiger partial charge in [-0.15, -0.1) is 0 Å². The number of thioether (sulfide) groups is 1. The van der Waals surface area contributed by atoms with E-state index in [0.29, 0.717) is 18.0 Å². The van der Waals surface area contributed by atoms with Gasteiger partial charge in [-0.1, -0.05) is 6.07 Å². The van der Waals surface area contributed by atoms with Crippen LogP contribution in [0.3, 0.4) is 0 Å². The second kappa shape index (κ2) is 5.98. The summed E-state index contributed by atoms with van der Waals surface area (Å²) in [6.45, 7) is 2.34. The first-order valence-electron chi connectivity index (χ1n) is 4.65. The summed E-state index contributed by atoms with van der Waals surface area (Å²) < 4.78 is 0. The molecule has 0 heterocycles. The highest BCUT2D eigenvalue weighted by Crippen LogP contribution is 2.25. The molecule has 0 aliphatic rings. The average molecular weight is 237 g/mol. The van der Waals surface area contributed by atoms with Crippen molar-refractivity contribution in [3.8, 4) is 5.40 Å². The number of aryl methyl sites for hydroxylation is 1. The number of nitrogens with zero attached hydrogens (tertiary/aromatic N) is 2. The Morgan fingerprint density at radius 2 is 2.38 bits per heavy atom. The van der Waals surface area contributed by atoms with Crippen molar-refractivity contribution >= 4 is 23.1 Å². The molecule has 0 fully saturated rings. The van der Waals surface area contributed by atoms with Crippen LogP contribution in [0.25, 0.3) is 0 Å². The van der Waals surface area contributed by atoms with Crippen LogP contribution in [0.2, 0.25) is 0 Å². The van der Waals surface area contributed by atoms with Gasteiger partial charge in [-0.25, -0.2) is 0 Å². The summed E-state index contributed by atoms with van der Waals surface area (Å²) in [5.74, 6) is 0.599. The van der Waals surface area contributed by atoms with Gasteiger partial charge in [0.05, 0.1) is 4.92 Å². The van der Waals surface area contributed by atoms with Gasteiger partial charge in [0.1, 0.15) is 11.1 Å². The lowest BCUT2D eigenvalue weighted by Gasteiger charge is -2.06. The maximum Gasteiger partial charge on any atom is 0.292 e. The number of rotatable bonds is 5. The quantitative estimate of drug-likeness (QED) is 0.368. The number of hydrogen-bond donors (Lipinski definition) is 1. The summed E-state index contributed by atoms with van der Waals surface area (Å²) >= 11 is 1.12. The van der Waals surface area contributed by atoms with Gasteiger partial charge < -0.3 is 5.32 Å². The van der Waals surface area contributed by atoms with E-state index in [2.05, 4.69) is 5.32 Å². The van der Waals surface area contributed by atoms with E-state index in [-0.39, 0.29) is 5.69 Å². The minimum atomic E-state index is -0.410. The number of nitrogens with one attached hydrogen (secondary N) is 1. The van der Waals surface area contributed by atoms with E-state index >= 15 is 0 Å². The van der Waals surface area contributed by atoms with E-state index in [1.165, 1.54) is 6.07 Å². The fourth-order valence-corrected chi connectivity index (χ4v) is 1.52. The molecule has 16 heavy (non-hydrogen) atoms. The molecule has 0 bridgehead atoms. The van der Waals surface area contributed by atoms with E-state index in [9.17, 15) is 10.1 Å². The standard InChI is InChI=1S/C10H11N3O2S/c1-8-2-3-9(10(6-8)13(14)15)12-4-5-16-7-11/h2-3,6,12H,4-5H2,1H3. The molecular formula is C10H11N3O2S. The maximum absolute atomic E-state index is 10.8. The Bertz CT molecular complexity index is 429. The largest absolute Gasteiger partial charge is 0.379 e. The Morgan fingerprint density at radius 3 is 3.00 bits per heavy atom. The normalized spacial score (nSPS) is 9.50. The van der Waals surface area contributed by atoms with E-state index in [1.807, 2.05) is 18.4 Å². The minimum Gasteiger partial charge on any atom is -0.379 e. The molecule has 84 valence electrons. The third-order valence-electron chi connectivity index (χ3n) is 1.93. The van der Waals surface area contributed by atoms with Crippen molar-refractivity contribution in [3.05, 3.63) is 33.9 Å². The monoisotopic (exact) mass is 237 g/mol. The number of thiocyanates is 1. The van der Waals surface area contributed by atoms with Crippen molar-refractivity contribution in [1.82, 2.24) is 0 Å². The lowest BCUT2D eigenvalue weighted by molar-refractivity contribution is -0.384. The molecule has 0 radical (unpaired) electrons. The van der Waals surface area contributed by atoms with Gasteiger partial charge in [0.2, 0.25) is 0 Å². The first-order valence-corrected chi connectivity index (χ1v) is 5.63. The highest BCUT2D eigenvalue weighted by atomic mass is 32.2. The van der Waals surface area contributed by atoms with Crippen LogP contribution >= 0.6 is 11.8 Å². The predicted octanol–water partition coefficient (Wildman–Crippen LogP) is 2.53. The fraction of sp³-hybridized carbons (Fsp3) is 0.300. The molecule has 1 rings (SSSR count). The highest BCUT2D eigenvalue weighted by molar-refractivity contribution is 8.03. The molecule has 0 aliphatic heterocycles. The van der Waals surface area contributed by atoms with E-state index in [1.54, 1.807) is 6.07 Å². The first-order chi connectivity index (χ1) is 7.65. The maximum atomic E-state index is 10.8. The van der Waals surface area contributed by atoms with Gasteiger partial charge in [0.25, 0.3) is 5.69 Å². The molecule has 1 aromatic carbocycles. The second-order valence-corrected chi connectivity index (χ2v) is 4.02. The van der Waals surface area contributed by atoms with Crippen LogP contribution in [0.15, 0.2) is 18.2 Å². The molecule has 0 saturated heterocycles. The first kappa shape index (κ1) is 12.3. The zero-order chi connectivity index (χ0) is 12.0. The third-order valence-corrected chi connectivity index (χ3v) is 2.47. The van der Waals surface area contributed by atoms with Gasteiger partial charge in [-0.3, -0.25) is 10.1 Å². The number of anilines is 1. The Labute approximate surface area is 97.6 Å². The number of hydrogen-bond acceptors (Lipinski definition) is 5. The molecule has 0 amide bonds. The van der Waals surface area contributed by atoms with Gasteiger partial charge >= 0.3 is 0 Å². The molecule has 5 nitrogen and oxygen atoms in total. The van der Waals surface area contributed by atoms with Crippen LogP contribution < -0.4 is 5.32 Å². The Kier molecular flexibility index (Phi) is 4.61. The summed E-state index contributed by atoms with van der Waals surface area (Å²) in [7, 11) is 0. The van der Waals surface area contributed by atoms with Crippen LogP contribution in [0.5, 0.6) is 0 Å². The van der Waals surface area contributed by atoms with Gasteiger partial charge in [0.15, 0.2) is 0 Å². The summed E-state index contributed by atoms with van der Waals surface area (Å²) in [5, 5.41) is 24.0. The number of nitro groups is 1. The second-order valence-electron chi connectivity index (χ2n) is 3.14. The van der Waals surface area contributed by atoms with Gasteiger partial charge in [0, 0.05) is 18.4 Å². The highest BCUT2D eigenvalue weighted by Gasteiger charge is 2.12. The lowest BCUT2D eigenvalue weighted by atomic mass is 10.2. The summed E-state index contributed by atoms with van der Waals surface area (Å²) in [6.07, 6.45) is 0. The number of nitriles is 1. The lowest BCUT2D eigenvalue weighted by Crippen LogP contribution is -2.06. The fourth-order valence-electron chi connectivity index (χ4n) is 1.22. The molecule has 0 unspecified atom stereocenters. The van der Waals surface area contributed by atoms with Crippen LogP contribution in [-0.2, 0) is 0 Å². The van der Waals surface area contributed by atoms with Gasteiger partial charge in [-0.05, 0) is 30.3 Å². The molecule has 1 N–H and O–H groups in total. The van der Waals surface area contributed by atoms with Gasteiger partial charge in [-0.2, -0.15) is 5.26 Å². The molecule has 1 aromatic rings. The van der Waals surface area contributed by atoms with E-state index < -0.39 is 4.92 Å². The van der Waals surface area contributed by atoms with Crippen LogP contribution in [-0.4, -0.2) is 17.2 Å². The molecule has 0 spiro atoms. The molecule has 0 aliphatic carbocycles. The van der Waals surface area contributed by atoms with Crippen LogP contribution in [0.1, 0.15) is 5.56 Å². The average Bonchev–Trinajstić information content (AvgIpc) is 2.26. The molecular weight excluding hydrogens is 226 g/mol. The molecule has 6 heteroatoms. The van der Waals surface area contributed by atoms with Crippen LogP contribution in [0.4, 0.5) is 11.4 Å². The van der Waals surface area contributed by atoms with Crippen molar-refractivity contribution in [2.45, 2.75) is 6.92 Å². The van der Waals surface area contributed by atoms with E-state index in [0.717, 1.165) is 17.3 Å². The topological polar surface area (TPSA) is 79.0 Å². The Hall–Kier alpha value is -1.74. The zero-order valence-electron chi connectivity index (χ0n) is 8.77. The third kappa shape index (κ3) is 3.44. The number of nitro benzene ring substituents is 1. The van der Waals surface area contributed by atoms with Crippen molar-refractivity contribution < 1.29 is 4.92 Å². The zero-order valence-corrected chi connectivity index (χ0v) is 9.58. The van der Waals surface area contributed by atoms with Crippen molar-refractivity contribution in [2.24, 2.45) is 0 Å². The summed E-state index contributed by atoms with van der Waals surface area (Å²) in [6, 6.07) is 5.02. The molecule has 0 aromatic heterocycles. The Morgan fingerprint density at radius 1 is 1.62 bits per heavy atom. The van der Waals surface area contributed by atoms with Crippen molar-refractivity contribution in [2.75, 3.05) is 17.6 Å². The SMILES string of the molecule is Cc1ccc(NCCSC#N)c([N+](=O)[O-])c1. The Balaban J connectivity index is 2.72. The smallest absolute Gasteiger partial charge is 0.292 e. The van der Waals surface area contributed by atoms with E-state index in [4.69, 9.17) is 5.26 Å². The van der Waals surface area contributed by atoms with Crippen molar-refractivity contribution in [1.29, 1.82) is 5.26 Å². The summed E-state index contributed by atoms with van der Waals surface area (Å²) in [5.41, 5.74) is 1.42. The predicted molar refractivity (Wildman–Crippen MR) is 64.4 cm³/mol. The van der Waals surface area contributed by atoms with Crippen molar-refractivity contribution in [3.63, 3.8) is 0 Å². The van der Waals surface area contributed by atoms with Crippen LogP contribution in [0, 0.1) is 27.7 Å². The minimum absolute atomic E-state index is 0.0713. The molecule has 0 saturated carbocycles. The molecule has 0 atom stereocenters. The number of benzene rings is 1.